The molecular formula is C15H19N3O3S. The van der Waals surface area contributed by atoms with Gasteiger partial charge in [0.15, 0.2) is 5.11 Å². The number of phenolic OH excluding ortho intramolecular Hbond substituents is 1. The minimum atomic E-state index is -0.485. The van der Waals surface area contributed by atoms with E-state index in [9.17, 15) is 9.90 Å². The van der Waals surface area contributed by atoms with Crippen LogP contribution in [0.1, 0.15) is 24.9 Å². The molecule has 1 atom stereocenters. The molecule has 1 aliphatic heterocycles. The van der Waals surface area contributed by atoms with E-state index in [4.69, 9.17) is 22.7 Å². The predicted octanol–water partition coefficient (Wildman–Crippen LogP) is 1.08. The normalized spacial score (nSPS) is 17.7. The summed E-state index contributed by atoms with van der Waals surface area (Å²) in [7, 11) is 0. The maximum absolute atomic E-state index is 12.4. The minimum Gasteiger partial charge on any atom is -0.508 e. The Morgan fingerprint density at radius 1 is 1.50 bits per heavy atom. The Bertz CT molecular complexity index is 616. The summed E-state index contributed by atoms with van der Waals surface area (Å²) in [4.78, 5) is 12.4. The van der Waals surface area contributed by atoms with Crippen molar-refractivity contribution in [3.05, 3.63) is 41.1 Å². The Morgan fingerprint density at radius 3 is 2.91 bits per heavy atom. The molecule has 118 valence electrons. The minimum absolute atomic E-state index is 0.118. The summed E-state index contributed by atoms with van der Waals surface area (Å²) in [5, 5.41) is 16.1. The van der Waals surface area contributed by atoms with Gasteiger partial charge < -0.3 is 26.2 Å². The molecule has 1 aromatic rings. The number of aromatic hydroxyl groups is 1. The molecule has 0 radical (unpaired) electrons. The van der Waals surface area contributed by atoms with E-state index in [1.165, 1.54) is 0 Å². The molecule has 0 saturated heterocycles. The van der Waals surface area contributed by atoms with Crippen LogP contribution in [0.2, 0.25) is 0 Å². The predicted molar refractivity (Wildman–Crippen MR) is 87.0 cm³/mol. The van der Waals surface area contributed by atoms with Crippen molar-refractivity contribution in [3.8, 4) is 5.75 Å². The number of carbonyl (C=O) groups excluding carboxylic acids is 1. The molecule has 1 aliphatic rings. The van der Waals surface area contributed by atoms with Crippen molar-refractivity contribution in [2.24, 2.45) is 5.73 Å². The molecule has 1 heterocycles. The quantitative estimate of drug-likeness (QED) is 0.476. The van der Waals surface area contributed by atoms with Crippen molar-refractivity contribution in [2.45, 2.75) is 19.4 Å². The van der Waals surface area contributed by atoms with E-state index < -0.39 is 12.0 Å². The molecule has 0 saturated carbocycles. The zero-order chi connectivity index (χ0) is 16.1. The molecule has 5 N–H and O–H groups in total. The number of phenols is 1. The van der Waals surface area contributed by atoms with E-state index in [-0.39, 0.29) is 12.4 Å². The van der Waals surface area contributed by atoms with Gasteiger partial charge in [-0.3, -0.25) is 0 Å². The zero-order valence-electron chi connectivity index (χ0n) is 12.3. The lowest BCUT2D eigenvalue weighted by atomic mass is 9.94. The van der Waals surface area contributed by atoms with E-state index in [2.05, 4.69) is 10.6 Å². The monoisotopic (exact) mass is 321 g/mol. The molecule has 6 nitrogen and oxygen atoms in total. The van der Waals surface area contributed by atoms with Crippen LogP contribution < -0.4 is 16.4 Å². The van der Waals surface area contributed by atoms with Crippen LogP contribution in [0, 0.1) is 0 Å². The lowest BCUT2D eigenvalue weighted by Crippen LogP contribution is -2.46. The van der Waals surface area contributed by atoms with E-state index >= 15 is 0 Å². The number of hydrogen-bond acceptors (Lipinski definition) is 5. The average molecular weight is 321 g/mol. The Hall–Kier alpha value is -2.12. The molecule has 0 bridgehead atoms. The zero-order valence-corrected chi connectivity index (χ0v) is 13.1. The second-order valence-corrected chi connectivity index (χ2v) is 5.19. The third-order valence-corrected chi connectivity index (χ3v) is 3.47. The fraction of sp³-hybridized carbons (Fsp3) is 0.333. The van der Waals surface area contributed by atoms with Gasteiger partial charge in [-0.1, -0.05) is 12.1 Å². The van der Waals surface area contributed by atoms with Crippen LogP contribution in [0.5, 0.6) is 5.75 Å². The number of esters is 1. The average Bonchev–Trinajstić information content (AvgIpc) is 2.47. The van der Waals surface area contributed by atoms with Gasteiger partial charge in [-0.15, -0.1) is 0 Å². The molecule has 0 aliphatic carbocycles. The Morgan fingerprint density at radius 2 is 2.27 bits per heavy atom. The van der Waals surface area contributed by atoms with Crippen molar-refractivity contribution < 1.29 is 14.6 Å². The summed E-state index contributed by atoms with van der Waals surface area (Å²) in [5.74, 6) is -0.311. The van der Waals surface area contributed by atoms with E-state index in [0.29, 0.717) is 29.3 Å². The van der Waals surface area contributed by atoms with Gasteiger partial charge in [-0.05, 0) is 43.4 Å². The third-order valence-electron chi connectivity index (χ3n) is 3.25. The highest BCUT2D eigenvalue weighted by Gasteiger charge is 2.32. The SMILES string of the molecule is CCOC(=O)C1=C(CCN)NC(=S)NC1c1cccc(O)c1. The molecule has 1 unspecified atom stereocenters. The van der Waals surface area contributed by atoms with Crippen molar-refractivity contribution >= 4 is 23.3 Å². The summed E-state index contributed by atoms with van der Waals surface area (Å²) < 4.78 is 5.15. The first-order valence-corrected chi connectivity index (χ1v) is 7.44. The lowest BCUT2D eigenvalue weighted by molar-refractivity contribution is -0.139. The second-order valence-electron chi connectivity index (χ2n) is 4.78. The number of nitrogens with two attached hydrogens (primary N) is 1. The van der Waals surface area contributed by atoms with Crippen LogP contribution in [-0.4, -0.2) is 29.3 Å². The molecule has 1 aromatic carbocycles. The Balaban J connectivity index is 2.49. The standard InChI is InChI=1S/C15H19N3O3S/c1-2-21-14(20)12-11(6-7-16)17-15(22)18-13(12)9-4-3-5-10(19)8-9/h3-5,8,13,19H,2,6-7,16H2,1H3,(H2,17,18,22). The summed E-state index contributed by atoms with van der Waals surface area (Å²) >= 11 is 5.20. The summed E-state index contributed by atoms with van der Waals surface area (Å²) in [6.45, 7) is 2.40. The smallest absolute Gasteiger partial charge is 0.338 e. The van der Waals surface area contributed by atoms with Crippen molar-refractivity contribution in [1.29, 1.82) is 0 Å². The highest BCUT2D eigenvalue weighted by molar-refractivity contribution is 7.80. The van der Waals surface area contributed by atoms with Gasteiger partial charge in [0.05, 0.1) is 18.2 Å². The Kier molecular flexibility index (Phi) is 5.35. The summed E-state index contributed by atoms with van der Waals surface area (Å²) in [5.41, 5.74) is 7.43. The van der Waals surface area contributed by atoms with Gasteiger partial charge in [0.1, 0.15) is 5.75 Å². The number of ether oxygens (including phenoxy) is 1. The molecule has 0 fully saturated rings. The Labute approximate surface area is 134 Å². The van der Waals surface area contributed by atoms with Gasteiger partial charge in [0.25, 0.3) is 0 Å². The van der Waals surface area contributed by atoms with Crippen LogP contribution >= 0.6 is 12.2 Å². The molecule has 0 spiro atoms. The van der Waals surface area contributed by atoms with Gasteiger partial charge in [-0.25, -0.2) is 4.79 Å². The summed E-state index contributed by atoms with van der Waals surface area (Å²) in [6.07, 6.45) is 0.477. The number of hydrogen-bond donors (Lipinski definition) is 4. The van der Waals surface area contributed by atoms with E-state index in [1.807, 2.05) is 6.07 Å². The third kappa shape index (κ3) is 3.55. The maximum atomic E-state index is 12.4. The van der Waals surface area contributed by atoms with Crippen LogP contribution in [0.4, 0.5) is 0 Å². The molecule has 0 aromatic heterocycles. The van der Waals surface area contributed by atoms with Gasteiger partial charge in [0.2, 0.25) is 0 Å². The van der Waals surface area contributed by atoms with Crippen LogP contribution in [0.15, 0.2) is 35.5 Å². The first kappa shape index (κ1) is 16.3. The first-order valence-electron chi connectivity index (χ1n) is 7.03. The van der Waals surface area contributed by atoms with Crippen LogP contribution in [0.25, 0.3) is 0 Å². The summed E-state index contributed by atoms with van der Waals surface area (Å²) in [6, 6.07) is 6.19. The van der Waals surface area contributed by atoms with Crippen molar-refractivity contribution in [2.75, 3.05) is 13.2 Å². The number of benzene rings is 1. The van der Waals surface area contributed by atoms with Crippen molar-refractivity contribution in [1.82, 2.24) is 10.6 Å². The molecule has 7 heteroatoms. The lowest BCUT2D eigenvalue weighted by Gasteiger charge is -2.31. The highest BCUT2D eigenvalue weighted by Crippen LogP contribution is 2.30. The highest BCUT2D eigenvalue weighted by atomic mass is 32.1. The molecular weight excluding hydrogens is 302 g/mol. The fourth-order valence-electron chi connectivity index (χ4n) is 2.36. The van der Waals surface area contributed by atoms with E-state index in [0.717, 1.165) is 5.56 Å². The first-order chi connectivity index (χ1) is 10.6. The number of nitrogens with one attached hydrogen (secondary N) is 2. The molecule has 2 rings (SSSR count). The maximum Gasteiger partial charge on any atom is 0.338 e. The van der Waals surface area contributed by atoms with Gasteiger partial charge >= 0.3 is 5.97 Å². The second kappa shape index (κ2) is 7.24. The number of rotatable bonds is 5. The van der Waals surface area contributed by atoms with Crippen molar-refractivity contribution in [3.63, 3.8) is 0 Å². The number of thiocarbonyl (C=S) groups is 1. The number of carbonyl (C=O) groups is 1. The topological polar surface area (TPSA) is 96.6 Å². The van der Waals surface area contributed by atoms with Crippen LogP contribution in [-0.2, 0) is 9.53 Å². The van der Waals surface area contributed by atoms with E-state index in [1.54, 1.807) is 25.1 Å². The molecule has 22 heavy (non-hydrogen) atoms. The van der Waals surface area contributed by atoms with Gasteiger partial charge in [0, 0.05) is 12.1 Å². The fourth-order valence-corrected chi connectivity index (χ4v) is 2.60. The molecule has 0 amide bonds. The van der Waals surface area contributed by atoms with Crippen LogP contribution in [0.3, 0.4) is 0 Å². The van der Waals surface area contributed by atoms with Gasteiger partial charge in [-0.2, -0.15) is 0 Å². The largest absolute Gasteiger partial charge is 0.508 e.